The molecule has 2 rings (SSSR count). The van der Waals surface area contributed by atoms with Gasteiger partial charge < -0.3 is 15.0 Å². The molecule has 1 N–H and O–H groups in total. The zero-order valence-electron chi connectivity index (χ0n) is 13.8. The maximum Gasteiger partial charge on any atom is 0.193 e. The van der Waals surface area contributed by atoms with Gasteiger partial charge in [-0.25, -0.2) is 0 Å². The highest BCUT2D eigenvalue weighted by atomic mass is 32.2. The molecule has 122 valence electrons. The summed E-state index contributed by atoms with van der Waals surface area (Å²) in [6.45, 7) is 5.16. The van der Waals surface area contributed by atoms with Gasteiger partial charge in [0.05, 0.1) is 0 Å². The van der Waals surface area contributed by atoms with Gasteiger partial charge in [0.25, 0.3) is 0 Å². The summed E-state index contributed by atoms with van der Waals surface area (Å²) in [5.74, 6) is 1.98. The van der Waals surface area contributed by atoms with E-state index in [2.05, 4.69) is 28.4 Å². The smallest absolute Gasteiger partial charge is 0.193 e. The lowest BCUT2D eigenvalue weighted by Gasteiger charge is -2.34. The molecule has 1 fully saturated rings. The van der Waals surface area contributed by atoms with Crippen molar-refractivity contribution in [1.82, 2.24) is 10.2 Å². The lowest BCUT2D eigenvalue weighted by Crippen LogP contribution is -2.48. The van der Waals surface area contributed by atoms with Crippen LogP contribution in [0.15, 0.2) is 35.3 Å². The van der Waals surface area contributed by atoms with Crippen LogP contribution in [0.4, 0.5) is 0 Å². The van der Waals surface area contributed by atoms with E-state index in [0.717, 1.165) is 44.2 Å². The number of likely N-dealkylation sites (tertiary alicyclic amines) is 1. The molecule has 0 spiro atoms. The number of para-hydroxylation sites is 1. The first-order chi connectivity index (χ1) is 10.7. The Labute approximate surface area is 138 Å². The predicted octanol–water partition coefficient (Wildman–Crippen LogP) is 2.86. The number of rotatable bonds is 5. The van der Waals surface area contributed by atoms with Crippen molar-refractivity contribution in [1.29, 1.82) is 0 Å². The molecule has 1 heterocycles. The Morgan fingerprint density at radius 3 is 2.64 bits per heavy atom. The number of ether oxygens (including phenoxy) is 1. The van der Waals surface area contributed by atoms with Crippen LogP contribution in [0, 0.1) is 0 Å². The molecular formula is C17H27N3OS. The Bertz CT molecular complexity index is 458. The summed E-state index contributed by atoms with van der Waals surface area (Å²) in [5.41, 5.74) is 0. The third-order valence-electron chi connectivity index (χ3n) is 3.95. The molecule has 1 aliphatic rings. The van der Waals surface area contributed by atoms with E-state index >= 15 is 0 Å². The minimum Gasteiger partial charge on any atom is -0.490 e. The normalized spacial score (nSPS) is 18.1. The fourth-order valence-corrected chi connectivity index (χ4v) is 2.78. The molecule has 0 bridgehead atoms. The maximum atomic E-state index is 6.04. The maximum absolute atomic E-state index is 6.04. The van der Waals surface area contributed by atoms with Crippen LogP contribution >= 0.6 is 11.8 Å². The van der Waals surface area contributed by atoms with Crippen LogP contribution < -0.4 is 10.1 Å². The van der Waals surface area contributed by atoms with Gasteiger partial charge in [-0.15, -0.1) is 0 Å². The highest BCUT2D eigenvalue weighted by molar-refractivity contribution is 7.99. The summed E-state index contributed by atoms with van der Waals surface area (Å²) in [6.07, 6.45) is 4.52. The molecule has 1 saturated heterocycles. The topological polar surface area (TPSA) is 36.9 Å². The molecule has 0 aliphatic carbocycles. The fourth-order valence-electron chi connectivity index (χ4n) is 2.53. The summed E-state index contributed by atoms with van der Waals surface area (Å²) in [4.78, 5) is 6.74. The number of aliphatic imine (C=N–C) groups is 1. The van der Waals surface area contributed by atoms with E-state index in [4.69, 9.17) is 4.74 Å². The second kappa shape index (κ2) is 8.93. The minimum atomic E-state index is 0.307. The molecule has 1 unspecified atom stereocenters. The van der Waals surface area contributed by atoms with Gasteiger partial charge in [0.1, 0.15) is 11.9 Å². The van der Waals surface area contributed by atoms with Gasteiger partial charge in [0.2, 0.25) is 0 Å². The number of guanidine groups is 1. The summed E-state index contributed by atoms with van der Waals surface area (Å²) < 4.78 is 6.04. The van der Waals surface area contributed by atoms with Crippen LogP contribution in [0.25, 0.3) is 0 Å². The first-order valence-electron chi connectivity index (χ1n) is 7.93. The van der Waals surface area contributed by atoms with Gasteiger partial charge in [-0.05, 0) is 18.4 Å². The van der Waals surface area contributed by atoms with Gasteiger partial charge in [0, 0.05) is 44.8 Å². The molecule has 0 aromatic heterocycles. The Kier molecular flexibility index (Phi) is 6.90. The van der Waals surface area contributed by atoms with Crippen molar-refractivity contribution in [2.24, 2.45) is 4.99 Å². The zero-order valence-corrected chi connectivity index (χ0v) is 14.6. The molecule has 4 nitrogen and oxygen atoms in total. The Balaban J connectivity index is 1.78. The monoisotopic (exact) mass is 321 g/mol. The Hall–Kier alpha value is -1.36. The van der Waals surface area contributed by atoms with Crippen LogP contribution in [-0.4, -0.2) is 55.2 Å². The molecule has 5 heteroatoms. The SMILES string of the molecule is CN=C(NCC(C)SC)N1CCC(Oc2ccccc2)CC1. The lowest BCUT2D eigenvalue weighted by molar-refractivity contribution is 0.129. The van der Waals surface area contributed by atoms with Gasteiger partial charge in [-0.3, -0.25) is 4.99 Å². The van der Waals surface area contributed by atoms with Crippen molar-refractivity contribution in [3.63, 3.8) is 0 Å². The van der Waals surface area contributed by atoms with Crippen LogP contribution in [0.1, 0.15) is 19.8 Å². The van der Waals surface area contributed by atoms with E-state index in [9.17, 15) is 0 Å². The number of hydrogen-bond donors (Lipinski definition) is 1. The zero-order chi connectivity index (χ0) is 15.8. The standard InChI is InChI=1S/C17H27N3OS/c1-14(22-3)13-19-17(18-2)20-11-9-16(10-12-20)21-15-7-5-4-6-8-15/h4-8,14,16H,9-13H2,1-3H3,(H,18,19). The van der Waals surface area contributed by atoms with Gasteiger partial charge >= 0.3 is 0 Å². The summed E-state index contributed by atoms with van der Waals surface area (Å²) in [6, 6.07) is 10.1. The predicted molar refractivity (Wildman–Crippen MR) is 96.0 cm³/mol. The molecule has 1 aromatic rings. The first kappa shape index (κ1) is 17.0. The molecule has 0 saturated carbocycles. The third-order valence-corrected chi connectivity index (χ3v) is 4.92. The molecule has 0 radical (unpaired) electrons. The van der Waals surface area contributed by atoms with Crippen molar-refractivity contribution in [2.75, 3.05) is 32.9 Å². The molecule has 0 amide bonds. The average molecular weight is 321 g/mol. The van der Waals surface area contributed by atoms with E-state index in [1.165, 1.54) is 0 Å². The number of thioether (sulfide) groups is 1. The number of piperidine rings is 1. The van der Waals surface area contributed by atoms with E-state index < -0.39 is 0 Å². The van der Waals surface area contributed by atoms with Gasteiger partial charge in [-0.2, -0.15) is 11.8 Å². The van der Waals surface area contributed by atoms with Crippen molar-refractivity contribution in [3.05, 3.63) is 30.3 Å². The third kappa shape index (κ3) is 5.13. The quantitative estimate of drug-likeness (QED) is 0.668. The minimum absolute atomic E-state index is 0.307. The van der Waals surface area contributed by atoms with Crippen LogP contribution in [0.3, 0.4) is 0 Å². The summed E-state index contributed by atoms with van der Waals surface area (Å²) in [7, 11) is 1.86. The molecular weight excluding hydrogens is 294 g/mol. The van der Waals surface area contributed by atoms with Gasteiger partial charge in [0.15, 0.2) is 5.96 Å². The molecule has 1 aliphatic heterocycles. The highest BCUT2D eigenvalue weighted by Crippen LogP contribution is 2.18. The van der Waals surface area contributed by atoms with E-state index in [-0.39, 0.29) is 0 Å². The van der Waals surface area contributed by atoms with Crippen LogP contribution in [0.2, 0.25) is 0 Å². The summed E-state index contributed by atoms with van der Waals surface area (Å²) in [5, 5.41) is 4.06. The number of nitrogens with one attached hydrogen (secondary N) is 1. The van der Waals surface area contributed by atoms with Crippen molar-refractivity contribution in [3.8, 4) is 5.75 Å². The number of nitrogens with zero attached hydrogens (tertiary/aromatic N) is 2. The van der Waals surface area contributed by atoms with Crippen molar-refractivity contribution < 1.29 is 4.74 Å². The van der Waals surface area contributed by atoms with E-state index in [0.29, 0.717) is 11.4 Å². The Morgan fingerprint density at radius 1 is 1.36 bits per heavy atom. The first-order valence-corrected chi connectivity index (χ1v) is 9.21. The highest BCUT2D eigenvalue weighted by Gasteiger charge is 2.22. The fraction of sp³-hybridized carbons (Fsp3) is 0.588. The average Bonchev–Trinajstić information content (AvgIpc) is 2.57. The Morgan fingerprint density at radius 2 is 2.05 bits per heavy atom. The van der Waals surface area contributed by atoms with Crippen LogP contribution in [-0.2, 0) is 0 Å². The number of hydrogen-bond acceptors (Lipinski definition) is 3. The molecule has 1 atom stereocenters. The second-order valence-electron chi connectivity index (χ2n) is 5.59. The molecule has 22 heavy (non-hydrogen) atoms. The molecule has 1 aromatic carbocycles. The number of benzene rings is 1. The van der Waals surface area contributed by atoms with Gasteiger partial charge in [-0.1, -0.05) is 25.1 Å². The largest absolute Gasteiger partial charge is 0.490 e. The van der Waals surface area contributed by atoms with Crippen LogP contribution in [0.5, 0.6) is 5.75 Å². The second-order valence-corrected chi connectivity index (χ2v) is 6.87. The van der Waals surface area contributed by atoms with Crippen molar-refractivity contribution in [2.45, 2.75) is 31.1 Å². The van der Waals surface area contributed by atoms with Crippen molar-refractivity contribution >= 4 is 17.7 Å². The summed E-state index contributed by atoms with van der Waals surface area (Å²) >= 11 is 1.87. The lowest BCUT2D eigenvalue weighted by atomic mass is 10.1. The van der Waals surface area contributed by atoms with E-state index in [1.807, 2.05) is 49.1 Å². The van der Waals surface area contributed by atoms with E-state index in [1.54, 1.807) is 0 Å².